The van der Waals surface area contributed by atoms with Crippen molar-refractivity contribution in [3.05, 3.63) is 97.2 Å². The highest BCUT2D eigenvalue weighted by atomic mass is 16.6. The summed E-state index contributed by atoms with van der Waals surface area (Å²) in [6, 6.07) is 0. The molecule has 0 saturated heterocycles. The molecule has 0 radical (unpaired) electrons. The second kappa shape index (κ2) is 69.8. The van der Waals surface area contributed by atoms with Crippen molar-refractivity contribution in [2.24, 2.45) is 0 Å². The molecule has 0 saturated carbocycles. The molecule has 0 aromatic heterocycles. The molecule has 0 heterocycles. The van der Waals surface area contributed by atoms with Crippen molar-refractivity contribution in [2.75, 3.05) is 13.2 Å². The smallest absolute Gasteiger partial charge is 0.306 e. The van der Waals surface area contributed by atoms with E-state index in [1.165, 1.54) is 193 Å². The van der Waals surface area contributed by atoms with E-state index in [1.807, 2.05) is 0 Å². The first-order chi connectivity index (χ1) is 40.5. The van der Waals surface area contributed by atoms with Gasteiger partial charge < -0.3 is 14.2 Å². The molecule has 6 heteroatoms. The van der Waals surface area contributed by atoms with Gasteiger partial charge in [-0.1, -0.05) is 343 Å². The second-order valence-corrected chi connectivity index (χ2v) is 23.4. The maximum absolute atomic E-state index is 12.9. The van der Waals surface area contributed by atoms with Gasteiger partial charge in [-0.2, -0.15) is 0 Å². The summed E-state index contributed by atoms with van der Waals surface area (Å²) in [5.41, 5.74) is 0. The molecule has 6 nitrogen and oxygen atoms in total. The van der Waals surface area contributed by atoms with Crippen LogP contribution >= 0.6 is 0 Å². The first-order valence-electron chi connectivity index (χ1n) is 35.2. The van der Waals surface area contributed by atoms with Crippen molar-refractivity contribution >= 4 is 17.9 Å². The van der Waals surface area contributed by atoms with E-state index in [0.29, 0.717) is 19.3 Å². The standard InChI is InChI=1S/C76H132O6/c1-4-7-10-13-16-19-22-25-27-29-31-32-33-34-35-36-37-38-39-40-41-42-43-44-46-47-49-51-54-57-60-63-66-69-75(78)81-72-73(71-80-74(77)68-65-62-59-56-53-24-21-18-15-12-9-6-3)82-76(79)70-67-64-61-58-55-52-50-48-45-30-28-26-23-20-17-14-11-8-5-2/h7,10,16,19,25,27,31-32,34-35,37-38,40-41,43-44,73H,4-6,8-9,11-15,17-18,20-24,26,28-30,33,36,39,42,45-72H2,1-3H3/b10-7-,19-16-,27-25-,32-31-,35-34-,38-37-,41-40-,44-43-. The lowest BCUT2D eigenvalue weighted by Gasteiger charge is -2.18. The molecule has 82 heavy (non-hydrogen) atoms. The molecule has 0 fully saturated rings. The monoisotopic (exact) mass is 1140 g/mol. The third-order valence-electron chi connectivity index (χ3n) is 15.4. The summed E-state index contributed by atoms with van der Waals surface area (Å²) in [5.74, 6) is -0.864. The van der Waals surface area contributed by atoms with Crippen LogP contribution in [0.2, 0.25) is 0 Å². The van der Waals surface area contributed by atoms with E-state index in [4.69, 9.17) is 14.2 Å². The Balaban J connectivity index is 4.24. The van der Waals surface area contributed by atoms with Crippen LogP contribution in [0.4, 0.5) is 0 Å². The molecular formula is C76H132O6. The van der Waals surface area contributed by atoms with E-state index in [9.17, 15) is 14.4 Å². The molecule has 0 aliphatic carbocycles. The van der Waals surface area contributed by atoms with Crippen LogP contribution in [0.1, 0.15) is 348 Å². The van der Waals surface area contributed by atoms with Gasteiger partial charge >= 0.3 is 17.9 Å². The van der Waals surface area contributed by atoms with E-state index in [2.05, 4.69) is 118 Å². The fourth-order valence-corrected chi connectivity index (χ4v) is 10.1. The highest BCUT2D eigenvalue weighted by molar-refractivity contribution is 5.71. The average Bonchev–Trinajstić information content (AvgIpc) is 3.47. The predicted octanol–water partition coefficient (Wildman–Crippen LogP) is 24.4. The van der Waals surface area contributed by atoms with Crippen molar-refractivity contribution < 1.29 is 28.6 Å². The lowest BCUT2D eigenvalue weighted by molar-refractivity contribution is -0.167. The van der Waals surface area contributed by atoms with Crippen LogP contribution in [0, 0.1) is 0 Å². The van der Waals surface area contributed by atoms with Crippen molar-refractivity contribution in [1.29, 1.82) is 0 Å². The Hall–Kier alpha value is -3.67. The van der Waals surface area contributed by atoms with Gasteiger partial charge in [0.2, 0.25) is 0 Å². The molecule has 0 aliphatic rings. The Morgan fingerprint density at radius 3 is 0.744 bits per heavy atom. The minimum absolute atomic E-state index is 0.0742. The number of ether oxygens (including phenoxy) is 3. The average molecular weight is 1140 g/mol. The van der Waals surface area contributed by atoms with Gasteiger partial charge in [-0.25, -0.2) is 0 Å². The molecule has 0 rings (SSSR count). The molecule has 0 spiro atoms. The van der Waals surface area contributed by atoms with Gasteiger partial charge in [-0.3, -0.25) is 14.4 Å². The van der Waals surface area contributed by atoms with E-state index < -0.39 is 6.10 Å². The quantitative estimate of drug-likeness (QED) is 0.0261. The summed E-state index contributed by atoms with van der Waals surface area (Å²) in [5, 5.41) is 0. The van der Waals surface area contributed by atoms with Gasteiger partial charge in [0.1, 0.15) is 13.2 Å². The number of carbonyl (C=O) groups is 3. The minimum atomic E-state index is -0.778. The van der Waals surface area contributed by atoms with Crippen LogP contribution in [-0.4, -0.2) is 37.2 Å². The van der Waals surface area contributed by atoms with Crippen LogP contribution in [0.25, 0.3) is 0 Å². The largest absolute Gasteiger partial charge is 0.462 e. The summed E-state index contributed by atoms with van der Waals surface area (Å²) in [6.45, 7) is 6.56. The highest BCUT2D eigenvalue weighted by Crippen LogP contribution is 2.18. The number of hydrogen-bond donors (Lipinski definition) is 0. The molecule has 1 atom stereocenters. The van der Waals surface area contributed by atoms with E-state index in [-0.39, 0.29) is 31.1 Å². The van der Waals surface area contributed by atoms with Gasteiger partial charge in [-0.15, -0.1) is 0 Å². The molecule has 0 aliphatic heterocycles. The molecule has 0 bridgehead atoms. The molecule has 472 valence electrons. The summed E-state index contributed by atoms with van der Waals surface area (Å²) >= 11 is 0. The zero-order valence-corrected chi connectivity index (χ0v) is 54.2. The van der Waals surface area contributed by atoms with Crippen LogP contribution in [-0.2, 0) is 28.6 Å². The molecule has 0 N–H and O–H groups in total. The molecule has 0 amide bonds. The second-order valence-electron chi connectivity index (χ2n) is 23.4. The Labute approximate surface area is 508 Å². The maximum Gasteiger partial charge on any atom is 0.306 e. The zero-order valence-electron chi connectivity index (χ0n) is 54.2. The maximum atomic E-state index is 12.9. The minimum Gasteiger partial charge on any atom is -0.462 e. The zero-order chi connectivity index (χ0) is 59.2. The van der Waals surface area contributed by atoms with Gasteiger partial charge in [0.05, 0.1) is 0 Å². The van der Waals surface area contributed by atoms with Gasteiger partial charge in [-0.05, 0) is 83.5 Å². The third kappa shape index (κ3) is 67.1. The summed E-state index contributed by atoms with van der Waals surface area (Å²) in [6.07, 6.45) is 94.3. The SMILES string of the molecule is CC/C=C\C/C=C\C/C=C\C/C=C\C/C=C\C/C=C\C/C=C\C/C=C\CCCCCCCCCCC(=O)OCC(COC(=O)CCCCCCCCCCCCCC)OC(=O)CCCCCCCCCCCCCCCCCCCCC. The Morgan fingerprint density at radius 1 is 0.256 bits per heavy atom. The van der Waals surface area contributed by atoms with Crippen molar-refractivity contribution in [3.63, 3.8) is 0 Å². The predicted molar refractivity (Wildman–Crippen MR) is 357 cm³/mol. The van der Waals surface area contributed by atoms with E-state index >= 15 is 0 Å². The first kappa shape index (κ1) is 78.3. The lowest BCUT2D eigenvalue weighted by Crippen LogP contribution is -2.30. The molecule has 0 aromatic rings. The summed E-state index contributed by atoms with van der Waals surface area (Å²) in [4.78, 5) is 38.4. The van der Waals surface area contributed by atoms with Crippen molar-refractivity contribution in [2.45, 2.75) is 354 Å². The molecule has 1 unspecified atom stereocenters. The number of hydrogen-bond acceptors (Lipinski definition) is 6. The van der Waals surface area contributed by atoms with E-state index in [1.54, 1.807) is 0 Å². The van der Waals surface area contributed by atoms with Crippen LogP contribution < -0.4 is 0 Å². The Morgan fingerprint density at radius 2 is 0.476 bits per heavy atom. The lowest BCUT2D eigenvalue weighted by atomic mass is 10.0. The highest BCUT2D eigenvalue weighted by Gasteiger charge is 2.19. The normalized spacial score (nSPS) is 12.7. The third-order valence-corrected chi connectivity index (χ3v) is 15.4. The van der Waals surface area contributed by atoms with Crippen molar-refractivity contribution in [3.8, 4) is 0 Å². The van der Waals surface area contributed by atoms with Crippen LogP contribution in [0.3, 0.4) is 0 Å². The summed E-state index contributed by atoms with van der Waals surface area (Å²) in [7, 11) is 0. The number of allylic oxidation sites excluding steroid dienone is 16. The van der Waals surface area contributed by atoms with Crippen molar-refractivity contribution in [1.82, 2.24) is 0 Å². The van der Waals surface area contributed by atoms with Gasteiger partial charge in [0.15, 0.2) is 6.10 Å². The number of unbranched alkanes of at least 4 members (excludes halogenated alkanes) is 37. The van der Waals surface area contributed by atoms with E-state index in [0.717, 1.165) is 116 Å². The topological polar surface area (TPSA) is 78.9 Å². The number of esters is 3. The Bertz CT molecular complexity index is 1590. The number of rotatable bonds is 64. The Kier molecular flexibility index (Phi) is 66.7. The summed E-state index contributed by atoms with van der Waals surface area (Å²) < 4.78 is 17.0. The van der Waals surface area contributed by atoms with Gasteiger partial charge in [0, 0.05) is 19.3 Å². The van der Waals surface area contributed by atoms with Crippen LogP contribution in [0.5, 0.6) is 0 Å². The molecule has 0 aromatic carbocycles. The molecular weight excluding hydrogens is 1010 g/mol. The fourth-order valence-electron chi connectivity index (χ4n) is 10.1. The van der Waals surface area contributed by atoms with Gasteiger partial charge in [0.25, 0.3) is 0 Å². The first-order valence-corrected chi connectivity index (χ1v) is 35.2. The fraction of sp³-hybridized carbons (Fsp3) is 0.750. The number of carbonyl (C=O) groups excluding carboxylic acids is 3. The van der Waals surface area contributed by atoms with Crippen LogP contribution in [0.15, 0.2) is 97.2 Å².